The smallest absolute Gasteiger partial charge is 0.416 e. The van der Waals surface area contributed by atoms with Crippen LogP contribution < -0.4 is 16.2 Å². The molecule has 4 aromatic rings. The third-order valence-electron chi connectivity index (χ3n) is 6.44. The summed E-state index contributed by atoms with van der Waals surface area (Å²) in [6.07, 6.45) is -8.03. The number of aryl methyl sites for hydroxylation is 1. The number of benzene rings is 3. The summed E-state index contributed by atoms with van der Waals surface area (Å²) < 4.78 is 46.6. The van der Waals surface area contributed by atoms with Crippen LogP contribution in [0.25, 0.3) is 11.4 Å². The highest BCUT2D eigenvalue weighted by atomic mass is 19.4. The number of alkyl halides is 3. The zero-order chi connectivity index (χ0) is 31.0. The second-order valence-electron chi connectivity index (χ2n) is 9.79. The largest absolute Gasteiger partial charge is 0.444 e. The molecule has 0 bridgehead atoms. The van der Waals surface area contributed by atoms with Crippen molar-refractivity contribution in [1.29, 1.82) is 0 Å². The molecular weight excluding hydrogens is 565 g/mol. The number of amides is 2. The van der Waals surface area contributed by atoms with Gasteiger partial charge in [0.05, 0.1) is 12.2 Å². The predicted octanol–water partition coefficient (Wildman–Crippen LogP) is 4.62. The molecular formula is C31H29F3N4O5. The zero-order valence-corrected chi connectivity index (χ0v) is 23.0. The Morgan fingerprint density at radius 2 is 1.63 bits per heavy atom. The van der Waals surface area contributed by atoms with Gasteiger partial charge in [-0.3, -0.25) is 19.5 Å². The quantitative estimate of drug-likeness (QED) is 0.246. The van der Waals surface area contributed by atoms with Gasteiger partial charge in [0.25, 0.3) is 5.56 Å². The van der Waals surface area contributed by atoms with Crippen LogP contribution in [0.1, 0.15) is 16.7 Å². The number of aliphatic hydroxyl groups excluding tert-OH is 1. The number of ether oxygens (including phenoxy) is 1. The van der Waals surface area contributed by atoms with E-state index >= 15 is 0 Å². The molecule has 9 nitrogen and oxygen atoms in total. The molecule has 4 rings (SSSR count). The predicted molar refractivity (Wildman–Crippen MR) is 153 cm³/mol. The number of nitrogens with one attached hydrogen (secondary N) is 2. The van der Waals surface area contributed by atoms with Crippen molar-refractivity contribution in [1.82, 2.24) is 14.9 Å². The number of hydrogen-bond donors (Lipinski definition) is 3. The zero-order valence-electron chi connectivity index (χ0n) is 23.0. The van der Waals surface area contributed by atoms with E-state index in [4.69, 9.17) is 4.74 Å². The maximum absolute atomic E-state index is 13.5. The fourth-order valence-corrected chi connectivity index (χ4v) is 4.34. The molecule has 43 heavy (non-hydrogen) atoms. The topological polar surface area (TPSA) is 123 Å². The molecule has 0 spiro atoms. The van der Waals surface area contributed by atoms with Crippen LogP contribution in [0.4, 0.5) is 23.7 Å². The number of rotatable bonds is 10. The molecule has 3 N–H and O–H groups in total. The van der Waals surface area contributed by atoms with Crippen molar-refractivity contribution < 1.29 is 32.6 Å². The Kier molecular flexibility index (Phi) is 9.94. The van der Waals surface area contributed by atoms with E-state index in [0.717, 1.165) is 16.3 Å². The standard InChI is InChI=1S/C31H29F3N4O5/c1-20-9-8-14-23(15-20)28-35-17-25(37-30(42)43-19-22-12-6-3-7-13-22)29(41)38(28)18-26(39)36-24(27(40)31(32,33)34)16-21-10-4-2-5-11-21/h2-15,17,24,27,40H,16,18-19H2,1H3,(H,36,39)(H,37,42). The fourth-order valence-electron chi connectivity index (χ4n) is 4.34. The first kappa shape index (κ1) is 31.0. The molecule has 0 aliphatic heterocycles. The summed E-state index contributed by atoms with van der Waals surface area (Å²) in [4.78, 5) is 43.4. The van der Waals surface area contributed by atoms with Gasteiger partial charge < -0.3 is 15.2 Å². The molecule has 0 saturated carbocycles. The lowest BCUT2D eigenvalue weighted by molar-refractivity contribution is -0.212. The monoisotopic (exact) mass is 594 g/mol. The minimum atomic E-state index is -5.01. The van der Waals surface area contributed by atoms with Crippen molar-refractivity contribution in [2.45, 2.75) is 44.8 Å². The molecule has 0 fully saturated rings. The Morgan fingerprint density at radius 3 is 2.26 bits per heavy atom. The van der Waals surface area contributed by atoms with E-state index in [1.165, 1.54) is 0 Å². The van der Waals surface area contributed by atoms with Crippen LogP contribution in [0, 0.1) is 6.92 Å². The summed E-state index contributed by atoms with van der Waals surface area (Å²) in [5.74, 6) is -0.936. The summed E-state index contributed by atoms with van der Waals surface area (Å²) >= 11 is 0. The van der Waals surface area contributed by atoms with Crippen LogP contribution >= 0.6 is 0 Å². The van der Waals surface area contributed by atoms with Gasteiger partial charge >= 0.3 is 12.3 Å². The lowest BCUT2D eigenvalue weighted by Gasteiger charge is -2.26. The lowest BCUT2D eigenvalue weighted by atomic mass is 10.0. The Labute approximate surface area is 245 Å². The maximum Gasteiger partial charge on any atom is 0.416 e. The van der Waals surface area contributed by atoms with Crippen molar-refractivity contribution in [2.24, 2.45) is 0 Å². The molecule has 2 atom stereocenters. The highest BCUT2D eigenvalue weighted by molar-refractivity contribution is 5.84. The number of carbonyl (C=O) groups is 2. The maximum atomic E-state index is 13.5. The van der Waals surface area contributed by atoms with Gasteiger partial charge in [0, 0.05) is 5.56 Å². The van der Waals surface area contributed by atoms with Gasteiger partial charge in [-0.25, -0.2) is 9.78 Å². The van der Waals surface area contributed by atoms with Crippen molar-refractivity contribution in [3.8, 4) is 11.4 Å². The van der Waals surface area contributed by atoms with Gasteiger partial charge in [0.15, 0.2) is 6.10 Å². The molecule has 2 unspecified atom stereocenters. The van der Waals surface area contributed by atoms with Gasteiger partial charge in [-0.15, -0.1) is 0 Å². The third-order valence-corrected chi connectivity index (χ3v) is 6.44. The second kappa shape index (κ2) is 13.8. The fraction of sp³-hybridized carbons (Fsp3) is 0.226. The summed E-state index contributed by atoms with van der Waals surface area (Å²) in [6, 6.07) is 22.0. The number of aliphatic hydroxyl groups is 1. The number of aromatic nitrogens is 2. The molecule has 1 aromatic heterocycles. The molecule has 224 valence electrons. The summed E-state index contributed by atoms with van der Waals surface area (Å²) in [5, 5.41) is 14.6. The van der Waals surface area contributed by atoms with Gasteiger partial charge in [0.1, 0.15) is 24.7 Å². The number of hydrogen-bond acceptors (Lipinski definition) is 6. The Balaban J connectivity index is 1.61. The Bertz CT molecular complexity index is 1610. The lowest BCUT2D eigenvalue weighted by Crippen LogP contribution is -2.52. The van der Waals surface area contributed by atoms with Crippen LogP contribution in [0.2, 0.25) is 0 Å². The normalized spacial score (nSPS) is 12.7. The minimum Gasteiger partial charge on any atom is -0.444 e. The second-order valence-corrected chi connectivity index (χ2v) is 9.79. The Morgan fingerprint density at radius 1 is 0.977 bits per heavy atom. The van der Waals surface area contributed by atoms with E-state index in [9.17, 15) is 32.7 Å². The van der Waals surface area contributed by atoms with Gasteiger partial charge in [-0.05, 0) is 30.5 Å². The highest BCUT2D eigenvalue weighted by Gasteiger charge is 2.44. The molecule has 12 heteroatoms. The van der Waals surface area contributed by atoms with E-state index in [1.54, 1.807) is 78.9 Å². The first-order chi connectivity index (χ1) is 20.5. The van der Waals surface area contributed by atoms with Crippen molar-refractivity contribution in [3.63, 3.8) is 0 Å². The first-order valence-corrected chi connectivity index (χ1v) is 13.2. The van der Waals surface area contributed by atoms with Crippen LogP contribution in [-0.2, 0) is 29.1 Å². The summed E-state index contributed by atoms with van der Waals surface area (Å²) in [7, 11) is 0. The highest BCUT2D eigenvalue weighted by Crippen LogP contribution is 2.24. The van der Waals surface area contributed by atoms with Gasteiger partial charge in [-0.1, -0.05) is 84.4 Å². The van der Waals surface area contributed by atoms with Crippen LogP contribution in [0.5, 0.6) is 0 Å². The van der Waals surface area contributed by atoms with E-state index in [2.05, 4.69) is 15.6 Å². The summed E-state index contributed by atoms with van der Waals surface area (Å²) in [5.41, 5.74) is 1.30. The van der Waals surface area contributed by atoms with Gasteiger partial charge in [-0.2, -0.15) is 13.2 Å². The number of carbonyl (C=O) groups excluding carboxylic acids is 2. The molecule has 0 aliphatic carbocycles. The van der Waals surface area contributed by atoms with E-state index < -0.39 is 42.4 Å². The number of nitrogens with zero attached hydrogens (tertiary/aromatic N) is 2. The van der Waals surface area contributed by atoms with Crippen LogP contribution in [0.15, 0.2) is 95.9 Å². The third kappa shape index (κ3) is 8.52. The van der Waals surface area contributed by atoms with Crippen LogP contribution in [0.3, 0.4) is 0 Å². The van der Waals surface area contributed by atoms with Crippen LogP contribution in [-0.4, -0.2) is 45.0 Å². The molecule has 1 heterocycles. The van der Waals surface area contributed by atoms with Crippen molar-refractivity contribution in [3.05, 3.63) is 118 Å². The van der Waals surface area contributed by atoms with E-state index in [0.29, 0.717) is 16.7 Å². The molecule has 0 aliphatic rings. The Hall–Kier alpha value is -4.97. The van der Waals surface area contributed by atoms with Crippen molar-refractivity contribution in [2.75, 3.05) is 5.32 Å². The molecule has 0 saturated heterocycles. The first-order valence-electron chi connectivity index (χ1n) is 13.2. The van der Waals surface area contributed by atoms with Gasteiger partial charge in [0.2, 0.25) is 5.91 Å². The molecule has 2 amide bonds. The van der Waals surface area contributed by atoms with Crippen molar-refractivity contribution >= 4 is 17.7 Å². The van der Waals surface area contributed by atoms with E-state index in [1.807, 2.05) is 13.0 Å². The molecule has 3 aromatic carbocycles. The van der Waals surface area contributed by atoms with E-state index in [-0.39, 0.29) is 24.5 Å². The SMILES string of the molecule is Cc1cccc(-c2ncc(NC(=O)OCc3ccccc3)c(=O)n2CC(=O)NC(Cc2ccccc2)C(O)C(F)(F)F)c1. The average molecular weight is 595 g/mol. The molecule has 0 radical (unpaired) electrons. The summed E-state index contributed by atoms with van der Waals surface area (Å²) in [6.45, 7) is 0.992. The number of halogens is 3. The average Bonchev–Trinajstić information content (AvgIpc) is 2.98. The number of anilines is 1. The minimum absolute atomic E-state index is 0.0445.